The molecule has 0 amide bonds. The summed E-state index contributed by atoms with van der Waals surface area (Å²) in [7, 11) is 1.86. The van der Waals surface area contributed by atoms with Gasteiger partial charge >= 0.3 is 0 Å². The van der Waals surface area contributed by atoms with Gasteiger partial charge in [-0.3, -0.25) is 19.5 Å². The van der Waals surface area contributed by atoms with Gasteiger partial charge in [0.25, 0.3) is 0 Å². The van der Waals surface area contributed by atoms with Crippen LogP contribution in [0.25, 0.3) is 38.8 Å². The third kappa shape index (κ3) is 3.30. The van der Waals surface area contributed by atoms with E-state index in [1.54, 1.807) is 24.8 Å². The topological polar surface area (TPSA) is 108 Å². The van der Waals surface area contributed by atoms with Crippen LogP contribution in [-0.4, -0.2) is 24.1 Å². The molecule has 0 atom stereocenters. The summed E-state index contributed by atoms with van der Waals surface area (Å²) in [5.41, 5.74) is 5.74. The van der Waals surface area contributed by atoms with Crippen molar-refractivity contribution in [3.63, 3.8) is 0 Å². The Labute approximate surface area is 195 Å². The second-order valence-corrected chi connectivity index (χ2v) is 8.50. The Balaban J connectivity index is 1.85. The standard InChI is InChI=1S/C26H20N8/c1-26(2,15-27)23-7-5-19(13-31-23)34-24-20-12-18(17-8-10-29-11-9-17)4-6-21(20)30-14-22(24)33(3)25(34)32-16-28/h4-14H,1-3H3. The van der Waals surface area contributed by atoms with E-state index in [1.807, 2.05) is 72.6 Å². The van der Waals surface area contributed by atoms with Gasteiger partial charge in [-0.05, 0) is 61.4 Å². The fourth-order valence-electron chi connectivity index (χ4n) is 4.09. The highest BCUT2D eigenvalue weighted by Crippen LogP contribution is 2.30. The van der Waals surface area contributed by atoms with Crippen molar-refractivity contribution in [2.75, 3.05) is 0 Å². The molecule has 0 bridgehead atoms. The summed E-state index contributed by atoms with van der Waals surface area (Å²) in [5, 5.41) is 19.8. The largest absolute Gasteiger partial charge is 0.311 e. The van der Waals surface area contributed by atoms with Crippen LogP contribution >= 0.6 is 0 Å². The quantitative estimate of drug-likeness (QED) is 0.388. The van der Waals surface area contributed by atoms with Crippen molar-refractivity contribution in [3.05, 3.63) is 78.6 Å². The SMILES string of the molecule is Cn1c(=NC#N)n(-c2ccc(C(C)(C)C#N)nc2)c2c3cc(-c4ccncc4)ccc3ncc21. The molecule has 0 aliphatic heterocycles. The van der Waals surface area contributed by atoms with E-state index in [9.17, 15) is 10.5 Å². The van der Waals surface area contributed by atoms with Crippen molar-refractivity contribution in [2.24, 2.45) is 12.0 Å². The molecule has 4 aromatic heterocycles. The summed E-state index contributed by atoms with van der Waals surface area (Å²) < 4.78 is 3.76. The monoisotopic (exact) mass is 444 g/mol. The number of aromatic nitrogens is 5. The first-order valence-electron chi connectivity index (χ1n) is 10.7. The smallest absolute Gasteiger partial charge is 0.226 e. The van der Waals surface area contributed by atoms with Gasteiger partial charge in [-0.25, -0.2) is 0 Å². The zero-order valence-corrected chi connectivity index (χ0v) is 18.9. The number of nitrogens with zero attached hydrogens (tertiary/aromatic N) is 8. The van der Waals surface area contributed by atoms with Crippen LogP contribution in [-0.2, 0) is 12.5 Å². The van der Waals surface area contributed by atoms with Crippen LogP contribution in [0.1, 0.15) is 19.5 Å². The normalized spacial score (nSPS) is 12.1. The number of fused-ring (bicyclic) bond motifs is 3. The van der Waals surface area contributed by atoms with E-state index in [2.05, 4.69) is 32.1 Å². The van der Waals surface area contributed by atoms with Gasteiger partial charge < -0.3 is 4.57 Å². The molecular formula is C26H20N8. The molecule has 8 heteroatoms. The average Bonchev–Trinajstić information content (AvgIpc) is 3.16. The number of nitriles is 2. The zero-order chi connectivity index (χ0) is 23.9. The summed E-state index contributed by atoms with van der Waals surface area (Å²) >= 11 is 0. The van der Waals surface area contributed by atoms with Crippen molar-refractivity contribution in [1.29, 1.82) is 10.5 Å². The maximum atomic E-state index is 9.47. The van der Waals surface area contributed by atoms with Gasteiger partial charge in [0.1, 0.15) is 0 Å². The van der Waals surface area contributed by atoms with E-state index in [0.29, 0.717) is 11.3 Å². The highest BCUT2D eigenvalue weighted by molar-refractivity contribution is 6.04. The summed E-state index contributed by atoms with van der Waals surface area (Å²) in [6.45, 7) is 3.66. The fraction of sp³-hybridized carbons (Fsp3) is 0.154. The average molecular weight is 445 g/mol. The summed E-state index contributed by atoms with van der Waals surface area (Å²) in [4.78, 5) is 17.4. The van der Waals surface area contributed by atoms with Gasteiger partial charge in [0, 0.05) is 24.8 Å². The molecule has 164 valence electrons. The van der Waals surface area contributed by atoms with Gasteiger partial charge in [0.05, 0.1) is 51.8 Å². The summed E-state index contributed by atoms with van der Waals surface area (Å²) in [5.74, 6) is 0. The molecule has 0 unspecified atom stereocenters. The van der Waals surface area contributed by atoms with Gasteiger partial charge in [-0.15, -0.1) is 4.99 Å². The van der Waals surface area contributed by atoms with Crippen LogP contribution in [0.2, 0.25) is 0 Å². The molecule has 8 nitrogen and oxygen atoms in total. The van der Waals surface area contributed by atoms with Crippen molar-refractivity contribution in [3.8, 4) is 29.1 Å². The number of imidazole rings is 1. The zero-order valence-electron chi connectivity index (χ0n) is 18.9. The van der Waals surface area contributed by atoms with E-state index < -0.39 is 5.41 Å². The Bertz CT molecular complexity index is 1690. The minimum absolute atomic E-state index is 0.454. The first-order valence-corrected chi connectivity index (χ1v) is 10.7. The number of benzene rings is 1. The molecule has 1 aromatic carbocycles. The molecule has 0 spiro atoms. The van der Waals surface area contributed by atoms with Gasteiger partial charge in [-0.2, -0.15) is 10.5 Å². The number of hydrogen-bond acceptors (Lipinski definition) is 6. The Morgan fingerprint density at radius 3 is 2.41 bits per heavy atom. The fourth-order valence-corrected chi connectivity index (χ4v) is 4.09. The Hall–Kier alpha value is -4.82. The number of pyridine rings is 3. The molecule has 0 saturated carbocycles. The van der Waals surface area contributed by atoms with Crippen LogP contribution in [0.4, 0.5) is 0 Å². The third-order valence-electron chi connectivity index (χ3n) is 5.99. The Morgan fingerprint density at radius 2 is 1.74 bits per heavy atom. The maximum Gasteiger partial charge on any atom is 0.226 e. The second-order valence-electron chi connectivity index (χ2n) is 8.50. The number of aryl methyl sites for hydroxylation is 1. The van der Waals surface area contributed by atoms with E-state index in [-0.39, 0.29) is 0 Å². The predicted molar refractivity (Wildman–Crippen MR) is 128 cm³/mol. The summed E-state index contributed by atoms with van der Waals surface area (Å²) in [6.07, 6.45) is 8.95. The van der Waals surface area contributed by atoms with Crippen LogP contribution in [0.3, 0.4) is 0 Å². The van der Waals surface area contributed by atoms with E-state index >= 15 is 0 Å². The predicted octanol–water partition coefficient (Wildman–Crippen LogP) is 4.16. The lowest BCUT2D eigenvalue weighted by atomic mass is 9.91. The van der Waals surface area contributed by atoms with Crippen LogP contribution in [0.15, 0.2) is 72.2 Å². The van der Waals surface area contributed by atoms with Crippen LogP contribution < -0.4 is 5.62 Å². The molecule has 5 aromatic rings. The number of hydrogen-bond donors (Lipinski definition) is 0. The molecule has 4 heterocycles. The van der Waals surface area contributed by atoms with Crippen molar-refractivity contribution in [2.45, 2.75) is 19.3 Å². The van der Waals surface area contributed by atoms with E-state index in [1.165, 1.54) is 0 Å². The van der Waals surface area contributed by atoms with Gasteiger partial charge in [-0.1, -0.05) is 6.07 Å². The lowest BCUT2D eigenvalue weighted by Gasteiger charge is -2.15. The maximum absolute atomic E-state index is 9.47. The van der Waals surface area contributed by atoms with Crippen LogP contribution in [0.5, 0.6) is 0 Å². The van der Waals surface area contributed by atoms with Crippen molar-refractivity contribution >= 4 is 21.9 Å². The highest BCUT2D eigenvalue weighted by Gasteiger charge is 2.22. The third-order valence-corrected chi connectivity index (χ3v) is 5.99. The minimum Gasteiger partial charge on any atom is -0.311 e. The minimum atomic E-state index is -0.710. The van der Waals surface area contributed by atoms with Crippen LogP contribution in [0, 0.1) is 22.8 Å². The molecule has 0 N–H and O–H groups in total. The molecule has 5 rings (SSSR count). The second kappa shape index (κ2) is 7.95. The van der Waals surface area contributed by atoms with E-state index in [0.717, 1.165) is 38.8 Å². The van der Waals surface area contributed by atoms with Gasteiger partial charge in [0.15, 0.2) is 0 Å². The molecular weight excluding hydrogens is 424 g/mol. The lowest BCUT2D eigenvalue weighted by molar-refractivity contribution is 0.658. The molecule has 0 fully saturated rings. The summed E-state index contributed by atoms with van der Waals surface area (Å²) in [6, 6.07) is 16.1. The van der Waals surface area contributed by atoms with Crippen molar-refractivity contribution < 1.29 is 0 Å². The van der Waals surface area contributed by atoms with Crippen molar-refractivity contribution in [1.82, 2.24) is 24.1 Å². The van der Waals surface area contributed by atoms with Gasteiger partial charge in [0.2, 0.25) is 11.8 Å². The first-order chi connectivity index (χ1) is 16.4. The first kappa shape index (κ1) is 21.0. The molecule has 0 aliphatic carbocycles. The molecule has 0 radical (unpaired) electrons. The molecule has 0 aliphatic rings. The highest BCUT2D eigenvalue weighted by atomic mass is 15.2. The Morgan fingerprint density at radius 1 is 0.941 bits per heavy atom. The lowest BCUT2D eigenvalue weighted by Crippen LogP contribution is -2.23. The molecule has 34 heavy (non-hydrogen) atoms. The number of rotatable bonds is 3. The molecule has 0 saturated heterocycles. The van der Waals surface area contributed by atoms with E-state index in [4.69, 9.17) is 0 Å². The Kier molecular flexibility index (Phi) is 4.92.